The summed E-state index contributed by atoms with van der Waals surface area (Å²) in [5.41, 5.74) is 0. The molecular weight excluding hydrogens is 224 g/mol. The highest BCUT2D eigenvalue weighted by Gasteiger charge is 2.01. The number of fused-ring (bicyclic) bond motifs is 3. The van der Waals surface area contributed by atoms with E-state index in [2.05, 4.69) is 54.6 Å². The standard InChI is InChI=1S/C16H9S/c1-2-4-12-8-15-10-16-13(5-6-17-16)9-14(15)7-11(12)3-1/h1-4,6-10H. The number of rotatable bonds is 0. The summed E-state index contributed by atoms with van der Waals surface area (Å²) >= 11 is 1.75. The predicted molar refractivity (Wildman–Crippen MR) is 75.7 cm³/mol. The first-order chi connectivity index (χ1) is 8.40. The molecule has 1 aromatic heterocycles. The van der Waals surface area contributed by atoms with Gasteiger partial charge in [-0.3, -0.25) is 0 Å². The van der Waals surface area contributed by atoms with Gasteiger partial charge >= 0.3 is 0 Å². The number of hydrogen-bond donors (Lipinski definition) is 0. The van der Waals surface area contributed by atoms with Gasteiger partial charge in [-0.15, -0.1) is 11.3 Å². The SMILES string of the molecule is [c]1csc2cc3cc4ccccc4cc3cc12. The molecule has 4 rings (SSSR count). The molecule has 3 aromatic carbocycles. The summed E-state index contributed by atoms with van der Waals surface area (Å²) < 4.78 is 1.31. The van der Waals surface area contributed by atoms with E-state index in [0.717, 1.165) is 0 Å². The van der Waals surface area contributed by atoms with Gasteiger partial charge in [0.25, 0.3) is 0 Å². The quantitative estimate of drug-likeness (QED) is 0.375. The molecule has 0 aliphatic carbocycles. The zero-order valence-electron chi connectivity index (χ0n) is 9.10. The number of hydrogen-bond acceptors (Lipinski definition) is 1. The first-order valence-corrected chi connectivity index (χ1v) is 6.49. The maximum Gasteiger partial charge on any atom is 0.0355 e. The Balaban J connectivity index is 2.23. The van der Waals surface area contributed by atoms with Crippen LogP contribution >= 0.6 is 11.3 Å². The average Bonchev–Trinajstić information content (AvgIpc) is 2.80. The van der Waals surface area contributed by atoms with Crippen LogP contribution in [-0.4, -0.2) is 0 Å². The van der Waals surface area contributed by atoms with Crippen molar-refractivity contribution in [1.29, 1.82) is 0 Å². The van der Waals surface area contributed by atoms with Gasteiger partial charge in [-0.05, 0) is 51.2 Å². The monoisotopic (exact) mass is 233 g/mol. The molecule has 1 heteroatoms. The Morgan fingerprint density at radius 1 is 0.765 bits per heavy atom. The lowest BCUT2D eigenvalue weighted by Crippen LogP contribution is -1.75. The van der Waals surface area contributed by atoms with Crippen molar-refractivity contribution < 1.29 is 0 Å². The lowest BCUT2D eigenvalue weighted by Gasteiger charge is -2.02. The molecule has 0 aliphatic heterocycles. The van der Waals surface area contributed by atoms with Crippen molar-refractivity contribution in [2.45, 2.75) is 0 Å². The predicted octanol–water partition coefficient (Wildman–Crippen LogP) is 5.01. The second-order valence-corrected chi connectivity index (χ2v) is 5.19. The molecule has 0 nitrogen and oxygen atoms in total. The van der Waals surface area contributed by atoms with E-state index in [1.165, 1.54) is 31.6 Å². The summed E-state index contributed by atoms with van der Waals surface area (Å²) in [5.74, 6) is 0. The van der Waals surface area contributed by atoms with Gasteiger partial charge in [-0.25, -0.2) is 0 Å². The van der Waals surface area contributed by atoms with E-state index in [1.54, 1.807) is 11.3 Å². The third kappa shape index (κ3) is 1.36. The zero-order valence-corrected chi connectivity index (χ0v) is 9.92. The molecule has 0 bridgehead atoms. The van der Waals surface area contributed by atoms with Crippen LogP contribution in [0.2, 0.25) is 0 Å². The van der Waals surface area contributed by atoms with Gasteiger partial charge in [0.15, 0.2) is 0 Å². The Labute approximate surface area is 103 Å². The molecule has 79 valence electrons. The fourth-order valence-corrected chi connectivity index (χ4v) is 3.09. The summed E-state index contributed by atoms with van der Waals surface area (Å²) in [5, 5.41) is 8.47. The van der Waals surface area contributed by atoms with Crippen LogP contribution in [0.25, 0.3) is 31.6 Å². The van der Waals surface area contributed by atoms with Crippen LogP contribution in [0.15, 0.2) is 53.9 Å². The minimum absolute atomic E-state index is 1.22. The van der Waals surface area contributed by atoms with E-state index >= 15 is 0 Å². The van der Waals surface area contributed by atoms with E-state index < -0.39 is 0 Å². The molecule has 0 saturated carbocycles. The summed E-state index contributed by atoms with van der Waals surface area (Å²) in [6.07, 6.45) is 0. The maximum absolute atomic E-state index is 3.28. The van der Waals surface area contributed by atoms with Crippen LogP contribution in [0.5, 0.6) is 0 Å². The molecule has 0 unspecified atom stereocenters. The van der Waals surface area contributed by atoms with Crippen molar-refractivity contribution in [1.82, 2.24) is 0 Å². The van der Waals surface area contributed by atoms with Crippen LogP contribution in [0.1, 0.15) is 0 Å². The molecule has 0 spiro atoms. The number of benzene rings is 3. The largest absolute Gasteiger partial charge is 0.143 e. The van der Waals surface area contributed by atoms with E-state index in [4.69, 9.17) is 0 Å². The third-order valence-corrected chi connectivity index (χ3v) is 4.03. The molecule has 17 heavy (non-hydrogen) atoms. The second kappa shape index (κ2) is 3.31. The molecule has 0 atom stereocenters. The summed E-state index contributed by atoms with van der Waals surface area (Å²) in [6, 6.07) is 20.8. The summed E-state index contributed by atoms with van der Waals surface area (Å²) in [7, 11) is 0. The normalized spacial score (nSPS) is 11.5. The Kier molecular flexibility index (Phi) is 1.79. The average molecular weight is 233 g/mol. The van der Waals surface area contributed by atoms with E-state index in [1.807, 2.05) is 5.38 Å². The van der Waals surface area contributed by atoms with Crippen LogP contribution in [-0.2, 0) is 0 Å². The van der Waals surface area contributed by atoms with Gasteiger partial charge in [0.2, 0.25) is 0 Å². The van der Waals surface area contributed by atoms with Gasteiger partial charge in [-0.1, -0.05) is 24.3 Å². The highest BCUT2D eigenvalue weighted by molar-refractivity contribution is 7.17. The molecule has 0 amide bonds. The maximum atomic E-state index is 3.28. The minimum Gasteiger partial charge on any atom is -0.143 e. The summed E-state index contributed by atoms with van der Waals surface area (Å²) in [4.78, 5) is 0. The van der Waals surface area contributed by atoms with Crippen molar-refractivity contribution in [3.63, 3.8) is 0 Å². The van der Waals surface area contributed by atoms with E-state index in [9.17, 15) is 0 Å². The van der Waals surface area contributed by atoms with Gasteiger partial charge in [0.05, 0.1) is 0 Å². The molecule has 1 radical (unpaired) electrons. The van der Waals surface area contributed by atoms with Crippen LogP contribution in [0.4, 0.5) is 0 Å². The van der Waals surface area contributed by atoms with Crippen molar-refractivity contribution >= 4 is 43.0 Å². The van der Waals surface area contributed by atoms with Gasteiger partial charge in [0.1, 0.15) is 0 Å². The minimum atomic E-state index is 1.22. The highest BCUT2D eigenvalue weighted by Crippen LogP contribution is 2.29. The Morgan fingerprint density at radius 2 is 1.47 bits per heavy atom. The molecule has 0 fully saturated rings. The Morgan fingerprint density at radius 3 is 2.24 bits per heavy atom. The number of thiophene rings is 1. The molecular formula is C16H9S. The highest BCUT2D eigenvalue weighted by atomic mass is 32.1. The molecule has 1 heterocycles. The zero-order chi connectivity index (χ0) is 11.2. The first kappa shape index (κ1) is 9.20. The Hall–Kier alpha value is -1.86. The van der Waals surface area contributed by atoms with E-state index in [-0.39, 0.29) is 0 Å². The van der Waals surface area contributed by atoms with Gasteiger partial charge in [0, 0.05) is 16.2 Å². The fraction of sp³-hybridized carbons (Fsp3) is 0. The lowest BCUT2D eigenvalue weighted by atomic mass is 10.0. The molecule has 0 saturated heterocycles. The van der Waals surface area contributed by atoms with Crippen molar-refractivity contribution in [3.05, 3.63) is 60.0 Å². The lowest BCUT2D eigenvalue weighted by molar-refractivity contribution is 1.80. The third-order valence-electron chi connectivity index (χ3n) is 3.20. The van der Waals surface area contributed by atoms with Gasteiger partial charge < -0.3 is 0 Å². The van der Waals surface area contributed by atoms with Crippen LogP contribution in [0, 0.1) is 6.07 Å². The second-order valence-electron chi connectivity index (χ2n) is 4.27. The van der Waals surface area contributed by atoms with Crippen LogP contribution in [0.3, 0.4) is 0 Å². The molecule has 4 aromatic rings. The first-order valence-electron chi connectivity index (χ1n) is 5.62. The van der Waals surface area contributed by atoms with Crippen LogP contribution < -0.4 is 0 Å². The molecule has 0 aliphatic rings. The van der Waals surface area contributed by atoms with E-state index in [0.29, 0.717) is 0 Å². The van der Waals surface area contributed by atoms with Crippen molar-refractivity contribution in [2.24, 2.45) is 0 Å². The van der Waals surface area contributed by atoms with Crippen molar-refractivity contribution in [3.8, 4) is 0 Å². The topological polar surface area (TPSA) is 0 Å². The smallest absolute Gasteiger partial charge is 0.0355 e. The summed E-state index contributed by atoms with van der Waals surface area (Å²) in [6.45, 7) is 0. The fourth-order valence-electron chi connectivity index (χ4n) is 2.34. The van der Waals surface area contributed by atoms with Gasteiger partial charge in [-0.2, -0.15) is 0 Å². The molecule has 0 N–H and O–H groups in total. The Bertz CT molecular complexity index is 771. The van der Waals surface area contributed by atoms with Crippen molar-refractivity contribution in [2.75, 3.05) is 0 Å².